The van der Waals surface area contributed by atoms with Gasteiger partial charge in [-0.25, -0.2) is 13.2 Å². The van der Waals surface area contributed by atoms with Crippen molar-refractivity contribution in [2.45, 2.75) is 37.5 Å². The van der Waals surface area contributed by atoms with Gasteiger partial charge in [0.25, 0.3) is 5.56 Å². The molecule has 1 aromatic carbocycles. The highest BCUT2D eigenvalue weighted by Crippen LogP contribution is 2.41. The minimum Gasteiger partial charge on any atom is -0.494 e. The van der Waals surface area contributed by atoms with Gasteiger partial charge >= 0.3 is 0 Å². The summed E-state index contributed by atoms with van der Waals surface area (Å²) in [5.74, 6) is -4.94. The Kier molecular flexibility index (Phi) is 6.28. The number of fused-ring (bicyclic) bond motifs is 1. The Morgan fingerprint density at radius 3 is 2.60 bits per heavy atom. The first-order chi connectivity index (χ1) is 14.2. The van der Waals surface area contributed by atoms with E-state index in [1.165, 1.54) is 31.5 Å². The van der Waals surface area contributed by atoms with Crippen molar-refractivity contribution in [3.8, 4) is 5.75 Å². The summed E-state index contributed by atoms with van der Waals surface area (Å²) < 4.78 is 56.3. The van der Waals surface area contributed by atoms with E-state index in [2.05, 4.69) is 14.7 Å². The molecule has 4 rings (SSSR count). The molecule has 0 spiro atoms. The Balaban J connectivity index is 0.000000216. The number of aromatic amines is 2. The quantitative estimate of drug-likeness (QED) is 0.596. The van der Waals surface area contributed by atoms with Gasteiger partial charge in [-0.05, 0) is 31.0 Å². The van der Waals surface area contributed by atoms with E-state index in [9.17, 15) is 27.2 Å². The predicted octanol–water partition coefficient (Wildman–Crippen LogP) is 4.48. The summed E-state index contributed by atoms with van der Waals surface area (Å²) in [6.45, 7) is 0. The minimum absolute atomic E-state index is 0.0406. The number of aromatic nitrogens is 2. The van der Waals surface area contributed by atoms with Gasteiger partial charge in [0.15, 0.2) is 17.0 Å². The van der Waals surface area contributed by atoms with Crippen LogP contribution in [0, 0.1) is 11.6 Å². The molecule has 0 radical (unpaired) electrons. The second-order valence-electron chi connectivity index (χ2n) is 7.09. The third kappa shape index (κ3) is 4.72. The number of methoxy groups -OCH3 is 1. The van der Waals surface area contributed by atoms with E-state index in [1.54, 1.807) is 6.07 Å². The minimum atomic E-state index is -2.68. The highest BCUT2D eigenvalue weighted by molar-refractivity contribution is 5.77. The van der Waals surface area contributed by atoms with Gasteiger partial charge in [0.1, 0.15) is 5.39 Å². The Labute approximate surface area is 168 Å². The van der Waals surface area contributed by atoms with Crippen LogP contribution in [0.3, 0.4) is 0 Å². The number of alkyl halides is 2. The molecule has 3 aromatic rings. The second-order valence-corrected chi connectivity index (χ2v) is 7.09. The first-order valence-electron chi connectivity index (χ1n) is 9.32. The molecular weight excluding hydrogens is 404 g/mol. The van der Waals surface area contributed by atoms with Crippen LogP contribution < -0.4 is 15.7 Å². The summed E-state index contributed by atoms with van der Waals surface area (Å²) in [5.41, 5.74) is -0.00798. The molecule has 0 aliphatic heterocycles. The normalized spacial score (nSPS) is 17.8. The first kappa shape index (κ1) is 21.6. The maximum absolute atomic E-state index is 13.5. The molecule has 0 bridgehead atoms. The van der Waals surface area contributed by atoms with Gasteiger partial charge in [0.05, 0.1) is 12.6 Å². The van der Waals surface area contributed by atoms with E-state index in [4.69, 9.17) is 0 Å². The molecule has 0 saturated heterocycles. The monoisotopic (exact) mass is 424 g/mol. The van der Waals surface area contributed by atoms with Gasteiger partial charge in [-0.3, -0.25) is 9.59 Å². The smallest absolute Gasteiger partial charge is 0.261 e. The molecule has 1 aliphatic rings. The lowest BCUT2D eigenvalue weighted by atomic mass is 9.84. The van der Waals surface area contributed by atoms with E-state index in [0.29, 0.717) is 24.1 Å². The number of hydrogen-bond donors (Lipinski definition) is 2. The lowest BCUT2D eigenvalue weighted by Crippen LogP contribution is -2.26. The van der Waals surface area contributed by atoms with Crippen molar-refractivity contribution in [2.24, 2.45) is 0 Å². The van der Waals surface area contributed by atoms with Gasteiger partial charge in [-0.2, -0.15) is 4.39 Å². The number of H-pyrrole nitrogens is 2. The molecule has 5 nitrogen and oxygen atoms in total. The van der Waals surface area contributed by atoms with Crippen LogP contribution >= 0.6 is 0 Å². The first-order valence-corrected chi connectivity index (χ1v) is 9.32. The lowest BCUT2D eigenvalue weighted by molar-refractivity contribution is -0.0412. The maximum Gasteiger partial charge on any atom is 0.261 e. The van der Waals surface area contributed by atoms with Crippen LogP contribution in [0.25, 0.3) is 10.9 Å². The molecule has 0 amide bonds. The van der Waals surface area contributed by atoms with Crippen molar-refractivity contribution in [1.82, 2.24) is 9.97 Å². The van der Waals surface area contributed by atoms with Crippen LogP contribution in [0.5, 0.6) is 5.75 Å². The molecule has 30 heavy (non-hydrogen) atoms. The van der Waals surface area contributed by atoms with Crippen LogP contribution in [0.2, 0.25) is 0 Å². The summed E-state index contributed by atoms with van der Waals surface area (Å²) in [6, 6.07) is 6.64. The largest absolute Gasteiger partial charge is 0.494 e. The third-order valence-electron chi connectivity index (χ3n) is 4.99. The van der Waals surface area contributed by atoms with Crippen LogP contribution in [-0.4, -0.2) is 23.0 Å². The van der Waals surface area contributed by atoms with Gasteiger partial charge in [0, 0.05) is 36.7 Å². The molecule has 2 aromatic heterocycles. The van der Waals surface area contributed by atoms with E-state index in [0.717, 1.165) is 6.07 Å². The van der Waals surface area contributed by atoms with Crippen LogP contribution in [0.1, 0.15) is 37.3 Å². The number of nitrogens with one attached hydrogen (secondary N) is 2. The van der Waals surface area contributed by atoms with Crippen LogP contribution in [0.4, 0.5) is 17.6 Å². The van der Waals surface area contributed by atoms with Crippen molar-refractivity contribution in [3.63, 3.8) is 0 Å². The lowest BCUT2D eigenvalue weighted by Gasteiger charge is -2.28. The summed E-state index contributed by atoms with van der Waals surface area (Å²) in [5, 5.41) is 0.0406. The maximum atomic E-state index is 13.5. The average molecular weight is 424 g/mol. The van der Waals surface area contributed by atoms with Crippen LogP contribution in [-0.2, 0) is 0 Å². The fourth-order valence-corrected chi connectivity index (χ4v) is 3.53. The van der Waals surface area contributed by atoms with Crippen molar-refractivity contribution in [2.75, 3.05) is 7.11 Å². The molecule has 9 heteroatoms. The molecule has 1 fully saturated rings. The molecule has 2 N–H and O–H groups in total. The van der Waals surface area contributed by atoms with Crippen molar-refractivity contribution < 1.29 is 22.3 Å². The summed E-state index contributed by atoms with van der Waals surface area (Å²) >= 11 is 0. The fourth-order valence-electron chi connectivity index (χ4n) is 3.53. The number of halogens is 4. The predicted molar refractivity (Wildman–Crippen MR) is 104 cm³/mol. The number of benzene rings is 1. The molecule has 1 aliphatic carbocycles. The standard InChI is InChI=1S/C14H14F2N2O2.C7H6F2O/c15-14(16)4-1-2-8(7-14)10-6-11(19)12-9(18-10)3-5-17-13(12)20;1-10-6-4-2-3-5(8)7(6)9/h3,5-6,8H,1-2,4,7H2,(H,17,20)(H,18,19);2-4H,1H3/t8-;/m0./s1. The zero-order valence-electron chi connectivity index (χ0n) is 16.1. The van der Waals surface area contributed by atoms with Gasteiger partial charge in [-0.15, -0.1) is 0 Å². The van der Waals surface area contributed by atoms with Crippen LogP contribution in [0.15, 0.2) is 46.1 Å². The zero-order chi connectivity index (χ0) is 21.9. The van der Waals surface area contributed by atoms with E-state index >= 15 is 0 Å². The Bertz CT molecular complexity index is 1160. The number of pyridine rings is 2. The third-order valence-corrected chi connectivity index (χ3v) is 4.99. The fraction of sp³-hybridized carbons (Fsp3) is 0.333. The van der Waals surface area contributed by atoms with Crippen molar-refractivity contribution in [3.05, 3.63) is 74.4 Å². The molecule has 0 unspecified atom stereocenters. The van der Waals surface area contributed by atoms with Crippen molar-refractivity contribution >= 4 is 10.9 Å². The van der Waals surface area contributed by atoms with Crippen molar-refractivity contribution in [1.29, 1.82) is 0 Å². The van der Waals surface area contributed by atoms with E-state index in [1.807, 2.05) is 0 Å². The Hall–Kier alpha value is -3.10. The molecule has 1 atom stereocenters. The SMILES string of the molecule is COc1cccc(F)c1F.O=c1cc([C@H]2CCCC(F)(F)C2)[nH]c2cc[nH]c(=O)c12. The number of rotatable bonds is 2. The Morgan fingerprint density at radius 1 is 1.17 bits per heavy atom. The van der Waals surface area contributed by atoms with E-state index < -0.39 is 28.5 Å². The summed E-state index contributed by atoms with van der Waals surface area (Å²) in [4.78, 5) is 29.0. The van der Waals surface area contributed by atoms with E-state index in [-0.39, 0.29) is 29.9 Å². The molecule has 2 heterocycles. The topological polar surface area (TPSA) is 75.0 Å². The Morgan fingerprint density at radius 2 is 1.93 bits per heavy atom. The molecule has 160 valence electrons. The summed E-state index contributed by atoms with van der Waals surface area (Å²) in [7, 11) is 1.29. The number of ether oxygens (including phenoxy) is 1. The molecule has 1 saturated carbocycles. The highest BCUT2D eigenvalue weighted by Gasteiger charge is 2.37. The molecular formula is C21H20F4N2O3. The van der Waals surface area contributed by atoms with Gasteiger partial charge in [-0.1, -0.05) is 6.07 Å². The number of hydrogen-bond acceptors (Lipinski definition) is 3. The highest BCUT2D eigenvalue weighted by atomic mass is 19.3. The second kappa shape index (κ2) is 8.73. The van der Waals surface area contributed by atoms with Gasteiger partial charge < -0.3 is 14.7 Å². The average Bonchev–Trinajstić information content (AvgIpc) is 2.69. The zero-order valence-corrected chi connectivity index (χ0v) is 16.1. The van der Waals surface area contributed by atoms with Gasteiger partial charge in [0.2, 0.25) is 11.7 Å². The summed E-state index contributed by atoms with van der Waals surface area (Å²) in [6.07, 6.45) is 2.14.